The standard InChI is InChI=1S/C25H20ClN3O4/c1-16-3-2-4-20(11-16)28-24(31)15-33-23-10-5-17(13-22(23)26)12-18(14-27)25(32)29-19-6-8-21(30)9-7-19/h2-13,30H,15H2,1H3,(H,28,31)(H,29,32)/b18-12+. The zero-order chi connectivity index (χ0) is 23.8. The largest absolute Gasteiger partial charge is 0.508 e. The maximum Gasteiger partial charge on any atom is 0.266 e. The molecular formula is C25H20ClN3O4. The molecule has 0 aromatic heterocycles. The molecule has 0 fully saturated rings. The second-order valence-electron chi connectivity index (χ2n) is 7.07. The number of anilines is 2. The maximum atomic E-state index is 12.4. The number of ether oxygens (including phenoxy) is 1. The summed E-state index contributed by atoms with van der Waals surface area (Å²) in [6.07, 6.45) is 1.38. The molecule has 0 aliphatic carbocycles. The van der Waals surface area contributed by atoms with Crippen LogP contribution in [0.4, 0.5) is 11.4 Å². The molecule has 3 aromatic rings. The Labute approximate surface area is 195 Å². The first-order chi connectivity index (χ1) is 15.8. The van der Waals surface area contributed by atoms with E-state index >= 15 is 0 Å². The number of phenolic OH excluding ortho intramolecular Hbond substituents is 1. The molecule has 0 aliphatic rings. The molecule has 0 atom stereocenters. The van der Waals surface area contributed by atoms with Crippen LogP contribution in [0.2, 0.25) is 5.02 Å². The van der Waals surface area contributed by atoms with E-state index in [0.717, 1.165) is 5.56 Å². The number of halogens is 1. The summed E-state index contributed by atoms with van der Waals surface area (Å²) in [5.74, 6) is -0.584. The summed E-state index contributed by atoms with van der Waals surface area (Å²) in [6, 6.07) is 19.8. The summed E-state index contributed by atoms with van der Waals surface area (Å²) in [7, 11) is 0. The minimum atomic E-state index is -0.604. The number of nitriles is 1. The molecule has 33 heavy (non-hydrogen) atoms. The molecule has 3 rings (SSSR count). The summed E-state index contributed by atoms with van der Waals surface area (Å²) in [5, 5.41) is 24.2. The summed E-state index contributed by atoms with van der Waals surface area (Å²) >= 11 is 6.25. The van der Waals surface area contributed by atoms with Crippen molar-refractivity contribution < 1.29 is 19.4 Å². The van der Waals surface area contributed by atoms with Gasteiger partial charge in [-0.25, -0.2) is 0 Å². The van der Waals surface area contributed by atoms with E-state index in [2.05, 4.69) is 10.6 Å². The van der Waals surface area contributed by atoms with Gasteiger partial charge in [0.1, 0.15) is 23.1 Å². The fourth-order valence-electron chi connectivity index (χ4n) is 2.85. The van der Waals surface area contributed by atoms with E-state index < -0.39 is 5.91 Å². The van der Waals surface area contributed by atoms with Crippen molar-refractivity contribution in [1.82, 2.24) is 0 Å². The summed E-state index contributed by atoms with van der Waals surface area (Å²) in [6.45, 7) is 1.69. The van der Waals surface area contributed by atoms with E-state index in [9.17, 15) is 20.0 Å². The number of hydrogen-bond donors (Lipinski definition) is 3. The molecule has 166 valence electrons. The van der Waals surface area contributed by atoms with Gasteiger partial charge in [-0.05, 0) is 72.7 Å². The monoisotopic (exact) mass is 461 g/mol. The first kappa shape index (κ1) is 23.4. The van der Waals surface area contributed by atoms with Crippen molar-refractivity contribution in [3.8, 4) is 17.6 Å². The third-order valence-corrected chi connectivity index (χ3v) is 4.71. The number of phenols is 1. The highest BCUT2D eigenvalue weighted by atomic mass is 35.5. The number of nitrogens with one attached hydrogen (secondary N) is 2. The Morgan fingerprint density at radius 1 is 1.06 bits per heavy atom. The average Bonchev–Trinajstić information content (AvgIpc) is 2.78. The first-order valence-electron chi connectivity index (χ1n) is 9.85. The van der Waals surface area contributed by atoms with Crippen LogP contribution < -0.4 is 15.4 Å². The van der Waals surface area contributed by atoms with Crippen molar-refractivity contribution in [1.29, 1.82) is 5.26 Å². The highest BCUT2D eigenvalue weighted by Crippen LogP contribution is 2.27. The van der Waals surface area contributed by atoms with Crippen molar-refractivity contribution in [2.24, 2.45) is 0 Å². The number of benzene rings is 3. The number of carbonyl (C=O) groups is 2. The van der Waals surface area contributed by atoms with Gasteiger partial charge < -0.3 is 20.5 Å². The van der Waals surface area contributed by atoms with Crippen LogP contribution in [-0.2, 0) is 9.59 Å². The Bertz CT molecular complexity index is 1250. The number of rotatable bonds is 7. The van der Waals surface area contributed by atoms with Crippen molar-refractivity contribution in [2.75, 3.05) is 17.2 Å². The Morgan fingerprint density at radius 2 is 1.82 bits per heavy atom. The van der Waals surface area contributed by atoms with Gasteiger partial charge in [0.25, 0.3) is 11.8 Å². The molecule has 0 unspecified atom stereocenters. The molecule has 7 nitrogen and oxygen atoms in total. The van der Waals surface area contributed by atoms with Gasteiger partial charge in [-0.3, -0.25) is 9.59 Å². The smallest absolute Gasteiger partial charge is 0.266 e. The van der Waals surface area contributed by atoms with Crippen LogP contribution in [0.25, 0.3) is 6.08 Å². The molecule has 0 bridgehead atoms. The zero-order valence-corrected chi connectivity index (χ0v) is 18.4. The number of carbonyl (C=O) groups excluding carboxylic acids is 2. The van der Waals surface area contributed by atoms with Crippen molar-refractivity contribution >= 4 is 40.9 Å². The van der Waals surface area contributed by atoms with Crippen LogP contribution in [0.5, 0.6) is 11.5 Å². The van der Waals surface area contributed by atoms with E-state index in [1.165, 1.54) is 36.4 Å². The van der Waals surface area contributed by atoms with Crippen LogP contribution in [0.15, 0.2) is 72.3 Å². The minimum Gasteiger partial charge on any atom is -0.508 e. The van der Waals surface area contributed by atoms with Gasteiger partial charge in [-0.1, -0.05) is 29.8 Å². The summed E-state index contributed by atoms with van der Waals surface area (Å²) in [4.78, 5) is 24.5. The molecule has 0 saturated heterocycles. The predicted octanol–water partition coefficient (Wildman–Crippen LogP) is 4.92. The molecule has 0 saturated carbocycles. The van der Waals surface area contributed by atoms with Gasteiger partial charge in [0.2, 0.25) is 0 Å². The third-order valence-electron chi connectivity index (χ3n) is 4.42. The van der Waals surface area contributed by atoms with Gasteiger partial charge in [0.05, 0.1) is 5.02 Å². The lowest BCUT2D eigenvalue weighted by atomic mass is 10.1. The van der Waals surface area contributed by atoms with Crippen LogP contribution in [-0.4, -0.2) is 23.5 Å². The Balaban J connectivity index is 1.63. The lowest BCUT2D eigenvalue weighted by molar-refractivity contribution is -0.118. The molecule has 0 heterocycles. The topological polar surface area (TPSA) is 111 Å². The highest BCUT2D eigenvalue weighted by molar-refractivity contribution is 6.32. The van der Waals surface area contributed by atoms with Gasteiger partial charge in [0.15, 0.2) is 6.61 Å². The van der Waals surface area contributed by atoms with E-state index in [-0.39, 0.29) is 28.9 Å². The lowest BCUT2D eigenvalue weighted by Gasteiger charge is -2.10. The second-order valence-corrected chi connectivity index (χ2v) is 7.47. The maximum absolute atomic E-state index is 12.4. The fourth-order valence-corrected chi connectivity index (χ4v) is 3.09. The molecule has 0 radical (unpaired) electrons. The first-order valence-corrected chi connectivity index (χ1v) is 10.2. The van der Waals surface area contributed by atoms with E-state index in [1.807, 2.05) is 31.2 Å². The Kier molecular flexibility index (Phi) is 7.68. The van der Waals surface area contributed by atoms with Gasteiger partial charge >= 0.3 is 0 Å². The van der Waals surface area contributed by atoms with E-state index in [4.69, 9.17) is 16.3 Å². The quantitative estimate of drug-likeness (QED) is 0.263. The Morgan fingerprint density at radius 3 is 2.48 bits per heavy atom. The van der Waals surface area contributed by atoms with Crippen molar-refractivity contribution in [2.45, 2.75) is 6.92 Å². The number of aromatic hydroxyl groups is 1. The zero-order valence-electron chi connectivity index (χ0n) is 17.6. The fraction of sp³-hybridized carbons (Fsp3) is 0.0800. The molecular weight excluding hydrogens is 442 g/mol. The van der Waals surface area contributed by atoms with Gasteiger partial charge in [0, 0.05) is 11.4 Å². The van der Waals surface area contributed by atoms with Gasteiger partial charge in [-0.15, -0.1) is 0 Å². The molecule has 3 N–H and O–H groups in total. The highest BCUT2D eigenvalue weighted by Gasteiger charge is 2.11. The van der Waals surface area contributed by atoms with Crippen molar-refractivity contribution in [3.63, 3.8) is 0 Å². The normalized spacial score (nSPS) is 10.8. The number of aryl methyl sites for hydroxylation is 1. The van der Waals surface area contributed by atoms with E-state index in [0.29, 0.717) is 22.7 Å². The molecule has 2 amide bonds. The lowest BCUT2D eigenvalue weighted by Crippen LogP contribution is -2.20. The molecule has 8 heteroatoms. The van der Waals surface area contributed by atoms with Crippen LogP contribution in [0, 0.1) is 18.3 Å². The summed E-state index contributed by atoms with van der Waals surface area (Å²) in [5.41, 5.74) is 2.50. The summed E-state index contributed by atoms with van der Waals surface area (Å²) < 4.78 is 5.49. The number of nitrogens with zero attached hydrogens (tertiary/aromatic N) is 1. The minimum absolute atomic E-state index is 0.0636. The number of amides is 2. The Hall–Kier alpha value is -4.28. The van der Waals surface area contributed by atoms with Crippen LogP contribution in [0.3, 0.4) is 0 Å². The number of hydrogen-bond acceptors (Lipinski definition) is 5. The van der Waals surface area contributed by atoms with Crippen molar-refractivity contribution in [3.05, 3.63) is 88.5 Å². The molecule has 0 spiro atoms. The van der Waals surface area contributed by atoms with Gasteiger partial charge in [-0.2, -0.15) is 5.26 Å². The van der Waals surface area contributed by atoms with E-state index in [1.54, 1.807) is 18.2 Å². The predicted molar refractivity (Wildman–Crippen MR) is 127 cm³/mol. The second kappa shape index (κ2) is 10.8. The van der Waals surface area contributed by atoms with Crippen LogP contribution in [0.1, 0.15) is 11.1 Å². The molecule has 3 aromatic carbocycles. The van der Waals surface area contributed by atoms with Crippen LogP contribution >= 0.6 is 11.6 Å². The third kappa shape index (κ3) is 6.86. The SMILES string of the molecule is Cc1cccc(NC(=O)COc2ccc(/C=C(\C#N)C(=O)Nc3ccc(O)cc3)cc2Cl)c1. The average molecular weight is 462 g/mol. The molecule has 0 aliphatic heterocycles.